The topological polar surface area (TPSA) is 121 Å². The molecule has 0 unspecified atom stereocenters. The van der Waals surface area contributed by atoms with Crippen molar-refractivity contribution < 1.29 is 18.0 Å². The molecule has 2 rings (SSSR count). The monoisotopic (exact) mass is 411 g/mol. The van der Waals surface area contributed by atoms with Crippen LogP contribution in [0.5, 0.6) is 0 Å². The zero-order valence-corrected chi connectivity index (χ0v) is 16.9. The van der Waals surface area contributed by atoms with Gasteiger partial charge in [-0.25, -0.2) is 8.42 Å². The summed E-state index contributed by atoms with van der Waals surface area (Å²) in [4.78, 5) is 23.2. The first kappa shape index (κ1) is 20.9. The van der Waals surface area contributed by atoms with Gasteiger partial charge in [0.15, 0.2) is 0 Å². The van der Waals surface area contributed by atoms with Gasteiger partial charge in [-0.3, -0.25) is 14.9 Å². The van der Waals surface area contributed by atoms with Gasteiger partial charge in [-0.2, -0.15) is 4.31 Å². The summed E-state index contributed by atoms with van der Waals surface area (Å²) in [7, 11) is -2.53. The van der Waals surface area contributed by atoms with E-state index in [-0.39, 0.29) is 17.3 Å². The summed E-state index contributed by atoms with van der Waals surface area (Å²) < 4.78 is 26.1. The number of carbonyl (C=O) groups is 2. The second-order valence-corrected chi connectivity index (χ2v) is 8.87. The quantitative estimate of drug-likeness (QED) is 0.682. The molecule has 9 nitrogen and oxygen atoms in total. The molecule has 0 fully saturated rings. The van der Waals surface area contributed by atoms with Gasteiger partial charge in [-0.1, -0.05) is 18.3 Å². The molecule has 0 saturated carbocycles. The van der Waals surface area contributed by atoms with E-state index in [0.717, 1.165) is 22.2 Å². The molecule has 146 valence electrons. The van der Waals surface area contributed by atoms with Crippen LogP contribution < -0.4 is 10.6 Å². The summed E-state index contributed by atoms with van der Waals surface area (Å²) in [5, 5.41) is 14.1. The summed E-state index contributed by atoms with van der Waals surface area (Å²) in [6, 6.07) is 5.71. The molecule has 0 saturated heterocycles. The molecule has 0 atom stereocenters. The molecule has 0 aliphatic carbocycles. The smallest absolute Gasteiger partial charge is 0.243 e. The van der Waals surface area contributed by atoms with E-state index >= 15 is 0 Å². The highest BCUT2D eigenvalue weighted by Gasteiger charge is 2.23. The molecule has 2 aromatic rings. The molecule has 27 heavy (non-hydrogen) atoms. The van der Waals surface area contributed by atoms with Crippen LogP contribution in [0.15, 0.2) is 29.2 Å². The third-order valence-electron chi connectivity index (χ3n) is 3.43. The van der Waals surface area contributed by atoms with E-state index in [1.54, 1.807) is 0 Å². The van der Waals surface area contributed by atoms with Crippen molar-refractivity contribution in [1.29, 1.82) is 0 Å². The van der Waals surface area contributed by atoms with Crippen LogP contribution in [-0.2, 0) is 26.0 Å². The lowest BCUT2D eigenvalue weighted by Gasteiger charge is -2.16. The van der Waals surface area contributed by atoms with Crippen LogP contribution >= 0.6 is 11.3 Å². The highest BCUT2D eigenvalue weighted by Crippen LogP contribution is 2.19. The van der Waals surface area contributed by atoms with E-state index in [9.17, 15) is 18.0 Å². The van der Waals surface area contributed by atoms with Gasteiger partial charge in [-0.05, 0) is 30.7 Å². The predicted molar refractivity (Wildman–Crippen MR) is 103 cm³/mol. The molecular formula is C16H21N5O4S2. The average Bonchev–Trinajstić information content (AvgIpc) is 3.02. The van der Waals surface area contributed by atoms with E-state index < -0.39 is 15.9 Å². The fourth-order valence-electron chi connectivity index (χ4n) is 2.16. The summed E-state index contributed by atoms with van der Waals surface area (Å²) in [5.74, 6) is -0.756. The molecule has 0 spiro atoms. The number of benzene rings is 1. The number of amides is 2. The Balaban J connectivity index is 2.00. The maximum absolute atomic E-state index is 12.6. The Hall–Kier alpha value is -2.37. The predicted octanol–water partition coefficient (Wildman–Crippen LogP) is 1.71. The summed E-state index contributed by atoms with van der Waals surface area (Å²) >= 11 is 1.27. The van der Waals surface area contributed by atoms with Crippen molar-refractivity contribution in [1.82, 2.24) is 14.5 Å². The molecule has 1 aromatic heterocycles. The van der Waals surface area contributed by atoms with Crippen molar-refractivity contribution in [2.45, 2.75) is 31.6 Å². The van der Waals surface area contributed by atoms with Gasteiger partial charge >= 0.3 is 0 Å². The minimum Gasteiger partial charge on any atom is -0.326 e. The van der Waals surface area contributed by atoms with E-state index in [0.29, 0.717) is 10.8 Å². The first-order valence-electron chi connectivity index (χ1n) is 8.18. The fraction of sp³-hybridized carbons (Fsp3) is 0.375. The van der Waals surface area contributed by atoms with Gasteiger partial charge in [0.05, 0.1) is 11.4 Å². The fourth-order valence-corrected chi connectivity index (χ4v) is 4.14. The Labute approximate surface area is 161 Å². The van der Waals surface area contributed by atoms with Gasteiger partial charge < -0.3 is 5.32 Å². The summed E-state index contributed by atoms with van der Waals surface area (Å²) in [5.41, 5.74) is 0.487. The third-order valence-corrected chi connectivity index (χ3v) is 6.14. The van der Waals surface area contributed by atoms with Crippen LogP contribution in [0.2, 0.25) is 0 Å². The molecule has 2 N–H and O–H groups in total. The lowest BCUT2D eigenvalue weighted by atomic mass is 10.3. The van der Waals surface area contributed by atoms with Crippen LogP contribution in [-0.4, -0.2) is 48.3 Å². The standard InChI is InChI=1S/C16H21N5O4S2/c1-4-5-15-19-20-16(26-15)18-14(23)10-21(3)27(24,25)13-8-6-12(7-9-13)17-11(2)22/h6-9H,4-5,10H2,1-3H3,(H,17,22)(H,18,20,23). The maximum Gasteiger partial charge on any atom is 0.243 e. The van der Waals surface area contributed by atoms with Crippen LogP contribution in [0.4, 0.5) is 10.8 Å². The maximum atomic E-state index is 12.6. The summed E-state index contributed by atoms with van der Waals surface area (Å²) in [6.45, 7) is 3.01. The van der Waals surface area contributed by atoms with Gasteiger partial charge in [0.25, 0.3) is 0 Å². The average molecular weight is 412 g/mol. The van der Waals surface area contributed by atoms with Crippen molar-refractivity contribution in [2.75, 3.05) is 24.2 Å². The first-order valence-corrected chi connectivity index (χ1v) is 10.4. The minimum atomic E-state index is -3.85. The number of anilines is 2. The second-order valence-electron chi connectivity index (χ2n) is 5.77. The zero-order valence-electron chi connectivity index (χ0n) is 15.2. The third kappa shape index (κ3) is 5.81. The Bertz CT molecular complexity index is 909. The lowest BCUT2D eigenvalue weighted by Crippen LogP contribution is -2.34. The number of nitrogens with one attached hydrogen (secondary N) is 2. The number of rotatable bonds is 8. The highest BCUT2D eigenvalue weighted by atomic mass is 32.2. The molecule has 0 bridgehead atoms. The first-order chi connectivity index (χ1) is 12.7. The minimum absolute atomic E-state index is 0.0213. The van der Waals surface area contributed by atoms with Crippen LogP contribution in [0.3, 0.4) is 0 Å². The van der Waals surface area contributed by atoms with Gasteiger partial charge in [-0.15, -0.1) is 10.2 Å². The number of aryl methyl sites for hydroxylation is 1. The number of nitrogens with zero attached hydrogens (tertiary/aromatic N) is 3. The van der Waals surface area contributed by atoms with Crippen molar-refractivity contribution >= 4 is 44.0 Å². The number of sulfonamides is 1. The lowest BCUT2D eigenvalue weighted by molar-refractivity contribution is -0.116. The van der Waals surface area contributed by atoms with Gasteiger partial charge in [0, 0.05) is 26.1 Å². The van der Waals surface area contributed by atoms with E-state index in [4.69, 9.17) is 0 Å². The SMILES string of the molecule is CCCc1nnc(NC(=O)CN(C)S(=O)(=O)c2ccc(NC(C)=O)cc2)s1. The van der Waals surface area contributed by atoms with Crippen LogP contribution in [0.25, 0.3) is 0 Å². The Morgan fingerprint density at radius 2 is 1.81 bits per heavy atom. The van der Waals surface area contributed by atoms with Crippen molar-refractivity contribution in [2.24, 2.45) is 0 Å². The molecule has 0 radical (unpaired) electrons. The normalized spacial score (nSPS) is 11.4. The zero-order chi connectivity index (χ0) is 20.0. The van der Waals surface area contributed by atoms with Crippen LogP contribution in [0, 0.1) is 0 Å². The molecule has 0 aliphatic heterocycles. The van der Waals surface area contributed by atoms with Crippen molar-refractivity contribution in [3.63, 3.8) is 0 Å². The number of hydrogen-bond acceptors (Lipinski definition) is 7. The molecule has 0 aliphatic rings. The Morgan fingerprint density at radius 1 is 1.15 bits per heavy atom. The Morgan fingerprint density at radius 3 is 2.41 bits per heavy atom. The highest BCUT2D eigenvalue weighted by molar-refractivity contribution is 7.89. The molecule has 2 amide bonds. The molecule has 11 heteroatoms. The number of carbonyl (C=O) groups excluding carboxylic acids is 2. The second kappa shape index (κ2) is 9.02. The number of hydrogen-bond donors (Lipinski definition) is 2. The van der Waals surface area contributed by atoms with E-state index in [1.165, 1.54) is 49.6 Å². The number of likely N-dealkylation sites (N-methyl/N-ethyl adjacent to an activating group) is 1. The number of aromatic nitrogens is 2. The molecule has 1 aromatic carbocycles. The van der Waals surface area contributed by atoms with Gasteiger partial charge in [0.2, 0.25) is 27.0 Å². The van der Waals surface area contributed by atoms with Gasteiger partial charge in [0.1, 0.15) is 5.01 Å². The summed E-state index contributed by atoms with van der Waals surface area (Å²) in [6.07, 6.45) is 1.70. The van der Waals surface area contributed by atoms with Crippen molar-refractivity contribution in [3.05, 3.63) is 29.3 Å². The Kier molecular flexibility index (Phi) is 6.99. The molecular weight excluding hydrogens is 390 g/mol. The largest absolute Gasteiger partial charge is 0.326 e. The van der Waals surface area contributed by atoms with E-state index in [1.807, 2.05) is 6.92 Å². The van der Waals surface area contributed by atoms with Crippen molar-refractivity contribution in [3.8, 4) is 0 Å². The van der Waals surface area contributed by atoms with Crippen LogP contribution in [0.1, 0.15) is 25.3 Å². The molecule has 1 heterocycles. The van der Waals surface area contributed by atoms with E-state index in [2.05, 4.69) is 20.8 Å².